The summed E-state index contributed by atoms with van der Waals surface area (Å²) in [7, 11) is -1.96. The van der Waals surface area contributed by atoms with Crippen molar-refractivity contribution in [3.05, 3.63) is 47.4 Å². The molecule has 5 heterocycles. The van der Waals surface area contributed by atoms with Crippen LogP contribution in [0.4, 0.5) is 16.0 Å². The maximum atomic E-state index is 14.3. The third-order valence-electron chi connectivity index (χ3n) is 7.40. The lowest BCUT2D eigenvalue weighted by molar-refractivity contribution is 0.0601. The minimum atomic E-state index is -3.84. The molecule has 0 spiro atoms. The molecule has 2 fully saturated rings. The third-order valence-corrected chi connectivity index (χ3v) is 8.47. The first-order valence-corrected chi connectivity index (χ1v) is 14.5. The summed E-state index contributed by atoms with van der Waals surface area (Å²) < 4.78 is 49.5. The molecular formula is C25H30FN7O4S. The van der Waals surface area contributed by atoms with Crippen LogP contribution in [-0.4, -0.2) is 79.5 Å². The van der Waals surface area contributed by atoms with Crippen LogP contribution in [0.15, 0.2) is 30.3 Å². The number of nitrogens with zero attached hydrogens (tertiary/aromatic N) is 6. The van der Waals surface area contributed by atoms with Crippen LogP contribution < -0.4 is 19.3 Å². The molecule has 0 radical (unpaired) electrons. The van der Waals surface area contributed by atoms with E-state index in [1.807, 2.05) is 24.1 Å². The largest absolute Gasteiger partial charge is 0.475 e. The van der Waals surface area contributed by atoms with Crippen LogP contribution >= 0.6 is 0 Å². The maximum Gasteiger partial charge on any atom is 0.258 e. The smallest absolute Gasteiger partial charge is 0.258 e. The second-order valence-electron chi connectivity index (χ2n) is 10.00. The van der Waals surface area contributed by atoms with Gasteiger partial charge in [-0.1, -0.05) is 0 Å². The van der Waals surface area contributed by atoms with Crippen molar-refractivity contribution < 1.29 is 22.3 Å². The molecule has 202 valence electrons. The number of nitrogens with one attached hydrogen (secondary N) is 1. The zero-order valence-corrected chi connectivity index (χ0v) is 22.0. The van der Waals surface area contributed by atoms with Crippen molar-refractivity contribution in [1.29, 1.82) is 0 Å². The molecule has 1 amide bonds. The first kappa shape index (κ1) is 24.9. The number of hydrogen-bond acceptors (Lipinski definition) is 8. The predicted molar refractivity (Wildman–Crippen MR) is 140 cm³/mol. The standard InChI is InChI=1S/C25H30FN7O4S/c1-30-12-8-27-38(35,36)16-37-21-7-6-17(26)13-18(21)25(34)32-11-3-2-5-20(32)19-14-23-28-22(31-9-4-10-31)15-24(30)33(23)29-19/h6-7,13-15,20,27H,2-5,8-12,16H2,1H3. The maximum absolute atomic E-state index is 14.3. The van der Waals surface area contributed by atoms with Crippen molar-refractivity contribution in [2.45, 2.75) is 31.7 Å². The number of sulfonamides is 1. The number of rotatable bonds is 1. The van der Waals surface area contributed by atoms with Crippen LogP contribution in [0.2, 0.25) is 0 Å². The fraction of sp³-hybridized carbons (Fsp3) is 0.480. The van der Waals surface area contributed by atoms with Crippen molar-refractivity contribution in [1.82, 2.24) is 24.2 Å². The Balaban J connectivity index is 1.48. The predicted octanol–water partition coefficient (Wildman–Crippen LogP) is 2.15. The van der Waals surface area contributed by atoms with E-state index in [2.05, 4.69) is 9.62 Å². The number of aromatic nitrogens is 3. The van der Waals surface area contributed by atoms with Crippen LogP contribution in [0, 0.1) is 5.82 Å². The summed E-state index contributed by atoms with van der Waals surface area (Å²) in [5.41, 5.74) is 1.36. The second kappa shape index (κ2) is 9.70. The number of amides is 1. The quantitative estimate of drug-likeness (QED) is 0.497. The van der Waals surface area contributed by atoms with E-state index in [0.29, 0.717) is 30.9 Å². The van der Waals surface area contributed by atoms with Gasteiger partial charge in [-0.2, -0.15) is 9.61 Å². The lowest BCUT2D eigenvalue weighted by atomic mass is 9.98. The molecule has 38 heavy (non-hydrogen) atoms. The Morgan fingerprint density at radius 1 is 1.08 bits per heavy atom. The Hall–Kier alpha value is -3.45. The molecule has 1 N–H and O–H groups in total. The van der Waals surface area contributed by atoms with E-state index in [-0.39, 0.29) is 23.9 Å². The van der Waals surface area contributed by atoms with Crippen LogP contribution in [0.1, 0.15) is 47.8 Å². The van der Waals surface area contributed by atoms with Crippen molar-refractivity contribution in [3.63, 3.8) is 0 Å². The van der Waals surface area contributed by atoms with Gasteiger partial charge in [-0.05, 0) is 43.9 Å². The molecule has 2 aromatic heterocycles. The average Bonchev–Trinajstić information content (AvgIpc) is 3.29. The fourth-order valence-electron chi connectivity index (χ4n) is 5.20. The van der Waals surface area contributed by atoms with Crippen molar-refractivity contribution in [3.8, 4) is 5.75 Å². The molecule has 13 heteroatoms. The van der Waals surface area contributed by atoms with Crippen LogP contribution in [-0.2, 0) is 10.0 Å². The van der Waals surface area contributed by atoms with Gasteiger partial charge in [0.1, 0.15) is 23.2 Å². The van der Waals surface area contributed by atoms with Gasteiger partial charge in [-0.15, -0.1) is 0 Å². The van der Waals surface area contributed by atoms with E-state index in [4.69, 9.17) is 14.8 Å². The van der Waals surface area contributed by atoms with Crippen molar-refractivity contribution in [2.75, 3.05) is 55.5 Å². The third kappa shape index (κ3) is 4.64. The molecular weight excluding hydrogens is 513 g/mol. The molecule has 2 bridgehead atoms. The Morgan fingerprint density at radius 3 is 2.71 bits per heavy atom. The molecule has 3 aromatic rings. The molecule has 3 aliphatic rings. The summed E-state index contributed by atoms with van der Waals surface area (Å²) in [5.74, 6) is -0.0892. The number of ether oxygens (including phenoxy) is 1. The van der Waals surface area contributed by atoms with E-state index in [1.54, 1.807) is 9.42 Å². The van der Waals surface area contributed by atoms with Crippen LogP contribution in [0.5, 0.6) is 5.75 Å². The van der Waals surface area contributed by atoms with Gasteiger partial charge in [0, 0.05) is 51.9 Å². The van der Waals surface area contributed by atoms with Crippen molar-refractivity contribution >= 4 is 33.2 Å². The molecule has 2 saturated heterocycles. The highest BCUT2D eigenvalue weighted by Gasteiger charge is 2.33. The summed E-state index contributed by atoms with van der Waals surface area (Å²) in [6, 6.07) is 7.10. The minimum absolute atomic E-state index is 0.0124. The van der Waals surface area contributed by atoms with Gasteiger partial charge in [-0.3, -0.25) is 4.79 Å². The Morgan fingerprint density at radius 2 is 1.92 bits per heavy atom. The first-order valence-electron chi connectivity index (χ1n) is 12.9. The van der Waals surface area contributed by atoms with Gasteiger partial charge in [0.15, 0.2) is 5.65 Å². The molecule has 11 nitrogen and oxygen atoms in total. The number of anilines is 2. The topological polar surface area (TPSA) is 112 Å². The number of halogens is 1. The summed E-state index contributed by atoms with van der Waals surface area (Å²) in [6.07, 6.45) is 3.51. The van der Waals surface area contributed by atoms with E-state index in [9.17, 15) is 17.6 Å². The number of fused-ring (bicyclic) bond motifs is 4. The number of piperidine rings is 1. The van der Waals surface area contributed by atoms with Gasteiger partial charge >= 0.3 is 0 Å². The first-order chi connectivity index (χ1) is 18.3. The second-order valence-corrected chi connectivity index (χ2v) is 11.7. The number of benzene rings is 1. The molecule has 1 aromatic carbocycles. The Labute approximate surface area is 220 Å². The van der Waals surface area contributed by atoms with Crippen LogP contribution in [0.3, 0.4) is 0 Å². The molecule has 1 unspecified atom stereocenters. The van der Waals surface area contributed by atoms with Gasteiger partial charge in [0.05, 0.1) is 17.3 Å². The highest BCUT2D eigenvalue weighted by molar-refractivity contribution is 7.89. The molecule has 6 rings (SSSR count). The highest BCUT2D eigenvalue weighted by Crippen LogP contribution is 2.35. The number of hydrogen-bond donors (Lipinski definition) is 1. The molecule has 1 atom stereocenters. The van der Waals surface area contributed by atoms with Crippen LogP contribution in [0.25, 0.3) is 5.65 Å². The van der Waals surface area contributed by atoms with E-state index in [1.165, 1.54) is 6.07 Å². The zero-order chi connectivity index (χ0) is 26.4. The summed E-state index contributed by atoms with van der Waals surface area (Å²) in [5, 5.41) is 4.89. The van der Waals surface area contributed by atoms with Gasteiger partial charge in [0.2, 0.25) is 16.0 Å². The summed E-state index contributed by atoms with van der Waals surface area (Å²) in [4.78, 5) is 24.5. The van der Waals surface area contributed by atoms with Gasteiger partial charge in [0.25, 0.3) is 5.91 Å². The molecule has 3 aliphatic heterocycles. The monoisotopic (exact) mass is 543 g/mol. The Kier molecular flexibility index (Phi) is 6.34. The van der Waals surface area contributed by atoms with E-state index in [0.717, 1.165) is 56.1 Å². The van der Waals surface area contributed by atoms with Crippen molar-refractivity contribution in [2.24, 2.45) is 0 Å². The SMILES string of the molecule is CN1CCNS(=O)(=O)COc2ccc(F)cc2C(=O)N2CCCCC2c2cc3nc(N4CCC4)cc1n3n2. The molecule has 0 saturated carbocycles. The lowest BCUT2D eigenvalue weighted by Gasteiger charge is -2.35. The van der Waals surface area contributed by atoms with E-state index < -0.39 is 27.7 Å². The highest BCUT2D eigenvalue weighted by atomic mass is 32.2. The summed E-state index contributed by atoms with van der Waals surface area (Å²) in [6.45, 7) is 2.82. The number of carbonyl (C=O) groups excluding carboxylic acids is 1. The molecule has 0 aliphatic carbocycles. The number of carbonyl (C=O) groups is 1. The average molecular weight is 544 g/mol. The zero-order valence-electron chi connectivity index (χ0n) is 21.1. The minimum Gasteiger partial charge on any atom is -0.475 e. The van der Waals surface area contributed by atoms with Gasteiger partial charge < -0.3 is 19.4 Å². The lowest BCUT2D eigenvalue weighted by Crippen LogP contribution is -2.39. The summed E-state index contributed by atoms with van der Waals surface area (Å²) >= 11 is 0. The Bertz CT molecular complexity index is 1490. The number of likely N-dealkylation sites (N-methyl/N-ethyl adjacent to an activating group) is 1. The van der Waals surface area contributed by atoms with Gasteiger partial charge in [-0.25, -0.2) is 22.5 Å². The van der Waals surface area contributed by atoms with E-state index >= 15 is 0 Å². The fourth-order valence-corrected chi connectivity index (χ4v) is 5.97. The normalized spacial score (nSPS) is 22.1.